The summed E-state index contributed by atoms with van der Waals surface area (Å²) < 4.78 is 47.9. The third-order valence-corrected chi connectivity index (χ3v) is 7.29. The number of halogens is 3. The molecule has 4 rings (SSSR count). The Morgan fingerprint density at radius 2 is 1.88 bits per heavy atom. The molecule has 0 aromatic carbocycles. The molecule has 0 spiro atoms. The van der Waals surface area contributed by atoms with Crippen molar-refractivity contribution in [1.82, 2.24) is 19.4 Å². The molecule has 1 aliphatic heterocycles. The van der Waals surface area contributed by atoms with Crippen LogP contribution in [0.25, 0.3) is 10.2 Å². The van der Waals surface area contributed by atoms with Crippen LogP contribution < -0.4 is 16.6 Å². The third-order valence-electron chi connectivity index (χ3n) is 5.99. The van der Waals surface area contributed by atoms with Crippen molar-refractivity contribution in [3.05, 3.63) is 31.3 Å². The van der Waals surface area contributed by atoms with Crippen LogP contribution in [0.2, 0.25) is 0 Å². The second-order valence-electron chi connectivity index (χ2n) is 7.91. The lowest BCUT2D eigenvalue weighted by Crippen LogP contribution is -2.51. The molecule has 1 aliphatic carbocycles. The summed E-state index contributed by atoms with van der Waals surface area (Å²) in [6.07, 6.45) is -5.42. The highest BCUT2D eigenvalue weighted by Crippen LogP contribution is 2.54. The molecule has 0 radical (unpaired) electrons. The van der Waals surface area contributed by atoms with Crippen molar-refractivity contribution < 1.29 is 27.5 Å². The quantitative estimate of drug-likeness (QED) is 0.621. The first kappa shape index (κ1) is 22.5. The van der Waals surface area contributed by atoms with Crippen LogP contribution in [0.5, 0.6) is 0 Å². The highest BCUT2D eigenvalue weighted by molar-refractivity contribution is 7.18. The summed E-state index contributed by atoms with van der Waals surface area (Å²) >= 11 is 1.06. The number of ether oxygens (including phenoxy) is 1. The molecule has 2 fully saturated rings. The standard InChI is InChI=1S/C19H21F3N4O5S/c1-10-11(9-24-6-5-23-13(27)15(24)29)32-16-12(10)14(28)26(17(30)25(16)7-8-31-2)18(3-4-18)19(20,21)22/h3-9H2,1-2H3,(H,23,27). The lowest BCUT2D eigenvalue weighted by Gasteiger charge is -2.26. The molecule has 0 bridgehead atoms. The van der Waals surface area contributed by atoms with Gasteiger partial charge >= 0.3 is 23.7 Å². The number of methoxy groups -OCH3 is 1. The first-order valence-corrected chi connectivity index (χ1v) is 10.8. The number of piperazine rings is 1. The minimum atomic E-state index is -4.75. The fourth-order valence-electron chi connectivity index (χ4n) is 4.00. The van der Waals surface area contributed by atoms with E-state index in [4.69, 9.17) is 4.74 Å². The van der Waals surface area contributed by atoms with E-state index in [1.165, 1.54) is 12.0 Å². The maximum Gasteiger partial charge on any atom is 0.412 e. The van der Waals surface area contributed by atoms with Crippen molar-refractivity contribution in [3.63, 3.8) is 0 Å². The molecular formula is C19H21F3N4O5S. The van der Waals surface area contributed by atoms with Crippen LogP contribution in [0, 0.1) is 6.92 Å². The van der Waals surface area contributed by atoms with Gasteiger partial charge in [-0.3, -0.25) is 19.0 Å². The molecule has 1 saturated heterocycles. The Morgan fingerprint density at radius 1 is 1.19 bits per heavy atom. The van der Waals surface area contributed by atoms with Crippen LogP contribution in [0.15, 0.2) is 9.59 Å². The topological polar surface area (TPSA) is 103 Å². The molecule has 1 N–H and O–H groups in total. The van der Waals surface area contributed by atoms with Gasteiger partial charge in [0, 0.05) is 25.1 Å². The molecule has 13 heteroatoms. The third kappa shape index (κ3) is 3.34. The summed E-state index contributed by atoms with van der Waals surface area (Å²) in [4.78, 5) is 52.2. The van der Waals surface area contributed by atoms with Crippen LogP contribution in [0.1, 0.15) is 23.3 Å². The van der Waals surface area contributed by atoms with Crippen LogP contribution in [-0.2, 0) is 33.0 Å². The molecule has 9 nitrogen and oxygen atoms in total. The van der Waals surface area contributed by atoms with Gasteiger partial charge in [-0.2, -0.15) is 13.2 Å². The summed E-state index contributed by atoms with van der Waals surface area (Å²) in [5, 5.41) is 2.46. The SMILES string of the molecule is COCCn1c(=O)n(C2(C(F)(F)F)CC2)c(=O)c2c(C)c(CN3CCNC(=O)C3=O)sc21. The Kier molecular flexibility index (Phi) is 5.44. The lowest BCUT2D eigenvalue weighted by atomic mass is 10.1. The predicted molar refractivity (Wildman–Crippen MR) is 109 cm³/mol. The molecule has 0 unspecified atom stereocenters. The number of nitrogens with zero attached hydrogens (tertiary/aromatic N) is 3. The molecule has 32 heavy (non-hydrogen) atoms. The second-order valence-corrected chi connectivity index (χ2v) is 8.99. The Labute approximate surface area is 183 Å². The summed E-state index contributed by atoms with van der Waals surface area (Å²) in [7, 11) is 1.40. The Morgan fingerprint density at radius 3 is 2.47 bits per heavy atom. The molecular weight excluding hydrogens is 453 g/mol. The fraction of sp³-hybridized carbons (Fsp3) is 0.579. The number of thiophene rings is 1. The van der Waals surface area contributed by atoms with Gasteiger partial charge in [0.2, 0.25) is 0 Å². The molecule has 2 aromatic heterocycles. The minimum absolute atomic E-state index is 0.0136. The summed E-state index contributed by atoms with van der Waals surface area (Å²) in [5.74, 6) is -1.47. The van der Waals surface area contributed by atoms with Gasteiger partial charge in [-0.1, -0.05) is 0 Å². The van der Waals surface area contributed by atoms with Crippen LogP contribution in [-0.4, -0.2) is 58.8 Å². The number of hydrogen-bond donors (Lipinski definition) is 1. The zero-order chi connectivity index (χ0) is 23.4. The van der Waals surface area contributed by atoms with Crippen molar-refractivity contribution in [2.45, 2.75) is 44.6 Å². The van der Waals surface area contributed by atoms with E-state index in [1.54, 1.807) is 6.92 Å². The zero-order valence-electron chi connectivity index (χ0n) is 17.4. The minimum Gasteiger partial charge on any atom is -0.383 e. The molecule has 0 atom stereocenters. The average Bonchev–Trinajstić information content (AvgIpc) is 3.46. The molecule has 174 valence electrons. The number of carbonyl (C=O) groups excluding carboxylic acids is 2. The smallest absolute Gasteiger partial charge is 0.383 e. The fourth-order valence-corrected chi connectivity index (χ4v) is 5.33. The van der Waals surface area contributed by atoms with Crippen molar-refractivity contribution in [3.8, 4) is 0 Å². The largest absolute Gasteiger partial charge is 0.412 e. The van der Waals surface area contributed by atoms with E-state index in [0.717, 1.165) is 15.9 Å². The van der Waals surface area contributed by atoms with Gasteiger partial charge in [-0.25, -0.2) is 9.36 Å². The van der Waals surface area contributed by atoms with E-state index < -0.39 is 34.8 Å². The summed E-state index contributed by atoms with van der Waals surface area (Å²) in [5.41, 5.74) is -4.13. The number of carbonyl (C=O) groups is 2. The van der Waals surface area contributed by atoms with Gasteiger partial charge in [-0.05, 0) is 25.3 Å². The Hall–Kier alpha value is -2.67. The van der Waals surface area contributed by atoms with Crippen molar-refractivity contribution in [2.75, 3.05) is 26.8 Å². The van der Waals surface area contributed by atoms with Gasteiger partial charge in [0.1, 0.15) is 10.4 Å². The number of amides is 2. The first-order chi connectivity index (χ1) is 15.0. The van der Waals surface area contributed by atoms with Crippen molar-refractivity contribution in [2.24, 2.45) is 0 Å². The van der Waals surface area contributed by atoms with Crippen molar-refractivity contribution in [1.29, 1.82) is 0 Å². The number of nitrogens with one attached hydrogen (secondary N) is 1. The molecule has 3 heterocycles. The first-order valence-electron chi connectivity index (χ1n) is 9.94. The Balaban J connectivity index is 1.91. The van der Waals surface area contributed by atoms with E-state index in [9.17, 15) is 32.3 Å². The normalized spacial score (nSPS) is 18.3. The van der Waals surface area contributed by atoms with Crippen LogP contribution in [0.4, 0.5) is 13.2 Å². The number of aromatic nitrogens is 2. The van der Waals surface area contributed by atoms with Crippen molar-refractivity contribution >= 4 is 33.4 Å². The molecule has 2 aromatic rings. The van der Waals surface area contributed by atoms with E-state index >= 15 is 0 Å². The van der Waals surface area contributed by atoms with Gasteiger partial charge in [0.25, 0.3) is 5.56 Å². The van der Waals surface area contributed by atoms with Gasteiger partial charge in [0.15, 0.2) is 0 Å². The summed E-state index contributed by atoms with van der Waals surface area (Å²) in [6.45, 7) is 2.14. The number of aryl methyl sites for hydroxylation is 1. The highest BCUT2D eigenvalue weighted by Gasteiger charge is 2.66. The van der Waals surface area contributed by atoms with E-state index in [2.05, 4.69) is 5.32 Å². The number of fused-ring (bicyclic) bond motifs is 1. The van der Waals surface area contributed by atoms with Crippen LogP contribution in [0.3, 0.4) is 0 Å². The number of alkyl halides is 3. The zero-order valence-corrected chi connectivity index (χ0v) is 18.2. The van der Waals surface area contributed by atoms with Gasteiger partial charge in [0.05, 0.1) is 25.1 Å². The molecule has 2 aliphatic rings. The Bertz CT molecular complexity index is 1220. The number of rotatable bonds is 6. The van der Waals surface area contributed by atoms with Gasteiger partial charge < -0.3 is 15.0 Å². The maximum atomic E-state index is 13.8. The predicted octanol–water partition coefficient (Wildman–Crippen LogP) is 0.689. The van der Waals surface area contributed by atoms with Gasteiger partial charge in [-0.15, -0.1) is 11.3 Å². The van der Waals surface area contributed by atoms with E-state index in [1.807, 2.05) is 0 Å². The second kappa shape index (κ2) is 7.73. The maximum absolute atomic E-state index is 13.8. The molecule has 1 saturated carbocycles. The summed E-state index contributed by atoms with van der Waals surface area (Å²) in [6, 6.07) is 0. The van der Waals surface area contributed by atoms with E-state index in [-0.39, 0.29) is 55.8 Å². The lowest BCUT2D eigenvalue weighted by molar-refractivity contribution is -0.181. The monoisotopic (exact) mass is 474 g/mol. The van der Waals surface area contributed by atoms with E-state index in [0.29, 0.717) is 15.0 Å². The van der Waals surface area contributed by atoms with Crippen LogP contribution >= 0.6 is 11.3 Å². The molecule has 2 amide bonds. The highest BCUT2D eigenvalue weighted by atomic mass is 32.1. The average molecular weight is 474 g/mol. The number of hydrogen-bond acceptors (Lipinski definition) is 6.